The zero-order valence-corrected chi connectivity index (χ0v) is 10.3. The number of benzene rings is 1. The average Bonchev–Trinajstić information content (AvgIpc) is 3.10. The van der Waals surface area contributed by atoms with Crippen LogP contribution in [0.3, 0.4) is 0 Å². The van der Waals surface area contributed by atoms with Crippen LogP contribution in [0.25, 0.3) is 0 Å². The first-order valence-electron chi connectivity index (χ1n) is 6.04. The van der Waals surface area contributed by atoms with Gasteiger partial charge in [0.2, 0.25) is 5.89 Å². The van der Waals surface area contributed by atoms with Crippen molar-refractivity contribution in [2.75, 3.05) is 5.32 Å². The fourth-order valence-corrected chi connectivity index (χ4v) is 1.83. The van der Waals surface area contributed by atoms with Crippen LogP contribution >= 0.6 is 0 Å². The molecule has 3 rings (SSSR count). The molecule has 0 unspecified atom stereocenters. The molecule has 2 aromatic rings. The molecular weight excluding hydrogens is 249 g/mol. The van der Waals surface area contributed by atoms with E-state index in [1.807, 2.05) is 0 Å². The van der Waals surface area contributed by atoms with E-state index in [0.717, 1.165) is 12.8 Å². The van der Waals surface area contributed by atoms with E-state index in [4.69, 9.17) is 4.42 Å². The minimum Gasteiger partial charge on any atom is -0.408 e. The Balaban J connectivity index is 1.76. The minimum absolute atomic E-state index is 0.0793. The predicted molar refractivity (Wildman–Crippen MR) is 65.4 cm³/mol. The van der Waals surface area contributed by atoms with Crippen molar-refractivity contribution in [1.29, 1.82) is 0 Å². The second kappa shape index (κ2) is 4.46. The Labute approximate surface area is 108 Å². The van der Waals surface area contributed by atoms with Crippen LogP contribution in [-0.4, -0.2) is 16.1 Å². The summed E-state index contributed by atoms with van der Waals surface area (Å²) >= 11 is 0. The molecule has 0 atom stereocenters. The van der Waals surface area contributed by atoms with Crippen molar-refractivity contribution in [1.82, 2.24) is 10.2 Å². The zero-order valence-electron chi connectivity index (χ0n) is 10.3. The molecular formula is C13H12FN3O2. The monoisotopic (exact) mass is 261 g/mol. The van der Waals surface area contributed by atoms with Crippen molar-refractivity contribution in [3.63, 3.8) is 0 Å². The van der Waals surface area contributed by atoms with Gasteiger partial charge in [-0.1, -0.05) is 5.10 Å². The summed E-state index contributed by atoms with van der Waals surface area (Å²) in [7, 11) is 0. The van der Waals surface area contributed by atoms with Crippen molar-refractivity contribution >= 4 is 11.9 Å². The quantitative estimate of drug-likeness (QED) is 0.922. The fraction of sp³-hybridized carbons (Fsp3) is 0.308. The van der Waals surface area contributed by atoms with E-state index in [9.17, 15) is 9.18 Å². The lowest BCUT2D eigenvalue weighted by Gasteiger charge is -2.04. The van der Waals surface area contributed by atoms with E-state index in [2.05, 4.69) is 15.5 Å². The number of rotatable bonds is 3. The number of aryl methyl sites for hydroxylation is 1. The maximum atomic E-state index is 13.0. The van der Waals surface area contributed by atoms with E-state index in [1.54, 1.807) is 6.92 Å². The Morgan fingerprint density at radius 3 is 2.89 bits per heavy atom. The van der Waals surface area contributed by atoms with Crippen molar-refractivity contribution in [3.05, 3.63) is 41.0 Å². The smallest absolute Gasteiger partial charge is 0.322 e. The van der Waals surface area contributed by atoms with Crippen LogP contribution < -0.4 is 5.32 Å². The molecule has 1 aliphatic rings. The van der Waals surface area contributed by atoms with Gasteiger partial charge in [-0.05, 0) is 43.5 Å². The summed E-state index contributed by atoms with van der Waals surface area (Å²) in [6.07, 6.45) is 2.10. The maximum Gasteiger partial charge on any atom is 0.322 e. The van der Waals surface area contributed by atoms with Crippen LogP contribution in [-0.2, 0) is 0 Å². The first-order chi connectivity index (χ1) is 9.13. The molecule has 98 valence electrons. The lowest BCUT2D eigenvalue weighted by molar-refractivity contribution is 0.102. The summed E-state index contributed by atoms with van der Waals surface area (Å²) in [5.74, 6) is 0.142. The summed E-state index contributed by atoms with van der Waals surface area (Å²) in [6, 6.07) is 4.05. The van der Waals surface area contributed by atoms with Gasteiger partial charge in [0.05, 0.1) is 0 Å². The van der Waals surface area contributed by atoms with Gasteiger partial charge in [0.15, 0.2) is 0 Å². The van der Waals surface area contributed by atoms with Crippen molar-refractivity contribution in [3.8, 4) is 0 Å². The third-order valence-corrected chi connectivity index (χ3v) is 3.02. The Hall–Kier alpha value is -2.24. The predicted octanol–water partition coefficient (Wildman–Crippen LogP) is 2.65. The van der Waals surface area contributed by atoms with E-state index in [1.165, 1.54) is 18.2 Å². The number of amides is 1. The normalized spacial score (nSPS) is 14.4. The fourth-order valence-electron chi connectivity index (χ4n) is 1.83. The SMILES string of the molecule is Cc1cc(F)ccc1C(=O)Nc1nnc(C2CC2)o1. The molecule has 0 radical (unpaired) electrons. The summed E-state index contributed by atoms with van der Waals surface area (Å²) in [6.45, 7) is 1.67. The van der Waals surface area contributed by atoms with E-state index in [-0.39, 0.29) is 17.7 Å². The number of nitrogens with zero attached hydrogens (tertiary/aromatic N) is 2. The lowest BCUT2D eigenvalue weighted by Crippen LogP contribution is -2.13. The number of halogens is 1. The van der Waals surface area contributed by atoms with Crippen molar-refractivity contribution in [2.45, 2.75) is 25.7 Å². The second-order valence-electron chi connectivity index (χ2n) is 4.63. The van der Waals surface area contributed by atoms with Crippen LogP contribution in [0.15, 0.2) is 22.6 Å². The number of carbonyl (C=O) groups excluding carboxylic acids is 1. The first kappa shape index (κ1) is 11.8. The highest BCUT2D eigenvalue weighted by Gasteiger charge is 2.29. The molecule has 0 bridgehead atoms. The molecule has 1 amide bonds. The molecule has 1 fully saturated rings. The molecule has 5 nitrogen and oxygen atoms in total. The van der Waals surface area contributed by atoms with Crippen LogP contribution in [0.4, 0.5) is 10.4 Å². The van der Waals surface area contributed by atoms with Gasteiger partial charge in [0, 0.05) is 11.5 Å². The largest absolute Gasteiger partial charge is 0.408 e. The van der Waals surface area contributed by atoms with Crippen molar-refractivity contribution < 1.29 is 13.6 Å². The number of aromatic nitrogens is 2. The third kappa shape index (κ3) is 2.47. The molecule has 0 spiro atoms. The molecule has 1 heterocycles. The molecule has 19 heavy (non-hydrogen) atoms. The Bertz CT molecular complexity index is 635. The highest BCUT2D eigenvalue weighted by atomic mass is 19.1. The standard InChI is InChI=1S/C13H12FN3O2/c1-7-6-9(14)4-5-10(7)11(18)15-13-17-16-12(19-13)8-2-3-8/h4-6,8H,2-3H2,1H3,(H,15,17,18). The van der Waals surface area contributed by atoms with E-state index in [0.29, 0.717) is 22.9 Å². The van der Waals surface area contributed by atoms with Crippen LogP contribution in [0.1, 0.15) is 40.6 Å². The molecule has 1 aromatic carbocycles. The second-order valence-corrected chi connectivity index (χ2v) is 4.63. The Morgan fingerprint density at radius 1 is 1.42 bits per heavy atom. The van der Waals surface area contributed by atoms with Crippen molar-refractivity contribution in [2.24, 2.45) is 0 Å². The third-order valence-electron chi connectivity index (χ3n) is 3.02. The lowest BCUT2D eigenvalue weighted by atomic mass is 10.1. The zero-order chi connectivity index (χ0) is 13.4. The number of hydrogen-bond donors (Lipinski definition) is 1. The Kier molecular flexibility index (Phi) is 2.77. The summed E-state index contributed by atoms with van der Waals surface area (Å²) in [5, 5.41) is 10.2. The van der Waals surface area contributed by atoms with Gasteiger partial charge in [0.1, 0.15) is 5.82 Å². The topological polar surface area (TPSA) is 68.0 Å². The molecule has 1 aromatic heterocycles. The molecule has 0 saturated heterocycles. The molecule has 0 aliphatic heterocycles. The first-order valence-corrected chi connectivity index (χ1v) is 6.04. The van der Waals surface area contributed by atoms with Gasteiger partial charge in [-0.2, -0.15) is 0 Å². The summed E-state index contributed by atoms with van der Waals surface area (Å²) in [4.78, 5) is 12.0. The highest BCUT2D eigenvalue weighted by Crippen LogP contribution is 2.39. The average molecular weight is 261 g/mol. The van der Waals surface area contributed by atoms with Gasteiger partial charge >= 0.3 is 6.01 Å². The van der Waals surface area contributed by atoms with Crippen LogP contribution in [0.5, 0.6) is 0 Å². The van der Waals surface area contributed by atoms with E-state index >= 15 is 0 Å². The van der Waals surface area contributed by atoms with Gasteiger partial charge in [-0.3, -0.25) is 10.1 Å². The maximum absolute atomic E-state index is 13.0. The number of anilines is 1. The molecule has 1 saturated carbocycles. The van der Waals surface area contributed by atoms with Crippen LogP contribution in [0, 0.1) is 12.7 Å². The highest BCUT2D eigenvalue weighted by molar-refractivity contribution is 6.04. The van der Waals surface area contributed by atoms with E-state index < -0.39 is 0 Å². The summed E-state index contributed by atoms with van der Waals surface area (Å²) in [5.41, 5.74) is 0.937. The van der Waals surface area contributed by atoms with Gasteiger partial charge in [0.25, 0.3) is 5.91 Å². The molecule has 1 aliphatic carbocycles. The van der Waals surface area contributed by atoms with Gasteiger partial charge in [-0.25, -0.2) is 4.39 Å². The number of nitrogens with one attached hydrogen (secondary N) is 1. The van der Waals surface area contributed by atoms with Crippen LogP contribution in [0.2, 0.25) is 0 Å². The molecule has 6 heteroatoms. The van der Waals surface area contributed by atoms with Gasteiger partial charge < -0.3 is 4.42 Å². The Morgan fingerprint density at radius 2 is 2.21 bits per heavy atom. The number of carbonyl (C=O) groups is 1. The molecule has 1 N–H and O–H groups in total. The number of hydrogen-bond acceptors (Lipinski definition) is 4. The summed E-state index contributed by atoms with van der Waals surface area (Å²) < 4.78 is 18.3. The van der Waals surface area contributed by atoms with Gasteiger partial charge in [-0.15, -0.1) is 5.10 Å². The minimum atomic E-state index is -0.386.